The predicted molar refractivity (Wildman–Crippen MR) is 87.4 cm³/mol. The Morgan fingerprint density at radius 2 is 1.83 bits per heavy atom. The van der Waals surface area contributed by atoms with Crippen molar-refractivity contribution in [2.45, 2.75) is 19.0 Å². The van der Waals surface area contributed by atoms with Crippen LogP contribution in [0.3, 0.4) is 0 Å². The number of aliphatic hydroxyl groups is 1. The number of nitrogens with one attached hydrogen (secondary N) is 2. The van der Waals surface area contributed by atoms with Crippen LogP contribution < -0.4 is 10.6 Å². The number of nitrogens with zero attached hydrogens (tertiary/aromatic N) is 1. The SMILES string of the molecule is N#Cc1ccc(CNC(=O)N[C@H](CCO)c2ccccc2)cc1. The average Bonchev–Trinajstić information content (AvgIpc) is 2.61. The molecule has 2 rings (SSSR count). The quantitative estimate of drug-likeness (QED) is 0.766. The Balaban J connectivity index is 1.90. The fourth-order valence-electron chi connectivity index (χ4n) is 2.23. The third-order valence-corrected chi connectivity index (χ3v) is 3.46. The van der Waals surface area contributed by atoms with E-state index in [-0.39, 0.29) is 18.7 Å². The molecule has 0 fully saturated rings. The van der Waals surface area contributed by atoms with Crippen LogP contribution in [0.1, 0.15) is 29.2 Å². The Hall–Kier alpha value is -2.84. The Morgan fingerprint density at radius 3 is 2.43 bits per heavy atom. The molecule has 5 heteroatoms. The first-order chi connectivity index (χ1) is 11.2. The molecule has 0 spiro atoms. The largest absolute Gasteiger partial charge is 0.396 e. The van der Waals surface area contributed by atoms with Crippen LogP contribution in [0.25, 0.3) is 0 Å². The summed E-state index contributed by atoms with van der Waals surface area (Å²) in [6.45, 7) is 0.369. The molecular formula is C18H19N3O2. The number of carbonyl (C=O) groups is 1. The summed E-state index contributed by atoms with van der Waals surface area (Å²) < 4.78 is 0. The number of benzene rings is 2. The van der Waals surface area contributed by atoms with Crippen LogP contribution in [0.4, 0.5) is 4.79 Å². The van der Waals surface area contributed by atoms with Crippen molar-refractivity contribution in [3.63, 3.8) is 0 Å². The van der Waals surface area contributed by atoms with Gasteiger partial charge in [0.05, 0.1) is 17.7 Å². The third kappa shape index (κ3) is 5.13. The van der Waals surface area contributed by atoms with Crippen LogP contribution in [-0.4, -0.2) is 17.7 Å². The van der Waals surface area contributed by atoms with E-state index in [4.69, 9.17) is 5.26 Å². The highest BCUT2D eigenvalue weighted by atomic mass is 16.3. The molecule has 3 N–H and O–H groups in total. The van der Waals surface area contributed by atoms with E-state index in [2.05, 4.69) is 16.7 Å². The highest BCUT2D eigenvalue weighted by molar-refractivity contribution is 5.74. The van der Waals surface area contributed by atoms with Crippen LogP contribution >= 0.6 is 0 Å². The van der Waals surface area contributed by atoms with Crippen molar-refractivity contribution in [1.82, 2.24) is 10.6 Å². The van der Waals surface area contributed by atoms with Gasteiger partial charge in [0.2, 0.25) is 0 Å². The zero-order valence-electron chi connectivity index (χ0n) is 12.7. The lowest BCUT2D eigenvalue weighted by atomic mass is 10.0. The molecule has 2 aromatic rings. The van der Waals surface area contributed by atoms with E-state index in [1.165, 1.54) is 0 Å². The van der Waals surface area contributed by atoms with Gasteiger partial charge in [-0.3, -0.25) is 0 Å². The molecule has 1 atom stereocenters. The van der Waals surface area contributed by atoms with Crippen LogP contribution in [0.2, 0.25) is 0 Å². The van der Waals surface area contributed by atoms with E-state index >= 15 is 0 Å². The summed E-state index contributed by atoms with van der Waals surface area (Å²) in [6, 6.07) is 18.1. The minimum atomic E-state index is -0.295. The summed E-state index contributed by atoms with van der Waals surface area (Å²) in [5.41, 5.74) is 2.46. The lowest BCUT2D eigenvalue weighted by Crippen LogP contribution is -2.37. The summed E-state index contributed by atoms with van der Waals surface area (Å²) in [5.74, 6) is 0. The molecule has 0 saturated heterocycles. The Morgan fingerprint density at radius 1 is 1.13 bits per heavy atom. The van der Waals surface area contributed by atoms with Crippen LogP contribution in [0, 0.1) is 11.3 Å². The fourth-order valence-corrected chi connectivity index (χ4v) is 2.23. The van der Waals surface area contributed by atoms with Crippen molar-refractivity contribution in [3.8, 4) is 6.07 Å². The number of hydrogen-bond acceptors (Lipinski definition) is 3. The van der Waals surface area contributed by atoms with Gasteiger partial charge in [0.15, 0.2) is 0 Å². The van der Waals surface area contributed by atoms with Crippen molar-refractivity contribution in [2.75, 3.05) is 6.61 Å². The van der Waals surface area contributed by atoms with E-state index in [1.54, 1.807) is 24.3 Å². The summed E-state index contributed by atoms with van der Waals surface area (Å²) >= 11 is 0. The number of urea groups is 1. The molecule has 0 aliphatic carbocycles. The fraction of sp³-hybridized carbons (Fsp3) is 0.222. The van der Waals surface area contributed by atoms with E-state index < -0.39 is 0 Å². The summed E-state index contributed by atoms with van der Waals surface area (Å²) in [4.78, 5) is 12.0. The number of aliphatic hydroxyl groups excluding tert-OH is 1. The van der Waals surface area contributed by atoms with Crippen molar-refractivity contribution in [3.05, 3.63) is 71.3 Å². The van der Waals surface area contributed by atoms with Gasteiger partial charge in [0.25, 0.3) is 0 Å². The summed E-state index contributed by atoms with van der Waals surface area (Å²) in [5, 5.41) is 23.6. The zero-order chi connectivity index (χ0) is 16.5. The molecule has 23 heavy (non-hydrogen) atoms. The molecule has 0 aromatic heterocycles. The predicted octanol–water partition coefficient (Wildman–Crippen LogP) is 2.48. The van der Waals surface area contributed by atoms with E-state index in [1.807, 2.05) is 30.3 Å². The molecule has 118 valence electrons. The topological polar surface area (TPSA) is 85.2 Å². The number of amides is 2. The van der Waals surface area contributed by atoms with Gasteiger partial charge >= 0.3 is 6.03 Å². The molecule has 0 bridgehead atoms. The highest BCUT2D eigenvalue weighted by Crippen LogP contribution is 2.15. The molecule has 0 saturated carbocycles. The molecule has 0 aliphatic heterocycles. The van der Waals surface area contributed by atoms with Crippen molar-refractivity contribution < 1.29 is 9.90 Å². The maximum absolute atomic E-state index is 12.0. The van der Waals surface area contributed by atoms with E-state index in [0.29, 0.717) is 18.5 Å². The highest BCUT2D eigenvalue weighted by Gasteiger charge is 2.13. The Bertz CT molecular complexity index is 663. The molecule has 0 aliphatic rings. The standard InChI is InChI=1S/C18H19N3O2/c19-12-14-6-8-15(9-7-14)13-20-18(23)21-17(10-11-22)16-4-2-1-3-5-16/h1-9,17,22H,10-11,13H2,(H2,20,21,23)/t17-/m1/s1. The first-order valence-corrected chi connectivity index (χ1v) is 7.42. The Kier molecular flexibility index (Phi) is 6.16. The number of carbonyl (C=O) groups excluding carboxylic acids is 1. The van der Waals surface area contributed by atoms with Gasteiger partial charge in [0.1, 0.15) is 0 Å². The van der Waals surface area contributed by atoms with Gasteiger partial charge in [-0.15, -0.1) is 0 Å². The second kappa shape index (κ2) is 8.57. The molecule has 0 unspecified atom stereocenters. The van der Waals surface area contributed by atoms with Gasteiger partial charge < -0.3 is 15.7 Å². The zero-order valence-corrected chi connectivity index (χ0v) is 12.7. The van der Waals surface area contributed by atoms with Gasteiger partial charge in [-0.25, -0.2) is 4.79 Å². The average molecular weight is 309 g/mol. The molecule has 0 radical (unpaired) electrons. The lowest BCUT2D eigenvalue weighted by molar-refractivity contribution is 0.229. The molecule has 2 amide bonds. The monoisotopic (exact) mass is 309 g/mol. The second-order valence-electron chi connectivity index (χ2n) is 5.11. The second-order valence-corrected chi connectivity index (χ2v) is 5.11. The number of rotatable bonds is 6. The van der Waals surface area contributed by atoms with E-state index in [9.17, 15) is 9.90 Å². The Labute approximate surface area is 135 Å². The maximum atomic E-state index is 12.0. The summed E-state index contributed by atoms with van der Waals surface area (Å²) in [7, 11) is 0. The third-order valence-electron chi connectivity index (χ3n) is 3.46. The van der Waals surface area contributed by atoms with E-state index in [0.717, 1.165) is 11.1 Å². The summed E-state index contributed by atoms with van der Waals surface area (Å²) in [6.07, 6.45) is 0.453. The van der Waals surface area contributed by atoms with Gasteiger partial charge in [-0.1, -0.05) is 42.5 Å². The first kappa shape index (κ1) is 16.5. The molecular weight excluding hydrogens is 290 g/mol. The normalized spacial score (nSPS) is 11.3. The van der Waals surface area contributed by atoms with Crippen molar-refractivity contribution in [1.29, 1.82) is 5.26 Å². The molecule has 5 nitrogen and oxygen atoms in total. The van der Waals surface area contributed by atoms with Crippen LogP contribution in [0.5, 0.6) is 0 Å². The molecule has 2 aromatic carbocycles. The smallest absolute Gasteiger partial charge is 0.315 e. The van der Waals surface area contributed by atoms with Crippen molar-refractivity contribution in [2.24, 2.45) is 0 Å². The van der Waals surface area contributed by atoms with Gasteiger partial charge in [0, 0.05) is 13.2 Å². The van der Waals surface area contributed by atoms with Gasteiger partial charge in [-0.2, -0.15) is 5.26 Å². The lowest BCUT2D eigenvalue weighted by Gasteiger charge is -2.18. The van der Waals surface area contributed by atoms with Crippen LogP contribution in [0.15, 0.2) is 54.6 Å². The minimum absolute atomic E-state index is 0.00450. The maximum Gasteiger partial charge on any atom is 0.315 e. The number of nitriles is 1. The van der Waals surface area contributed by atoms with Gasteiger partial charge in [-0.05, 0) is 29.7 Å². The van der Waals surface area contributed by atoms with Crippen LogP contribution in [-0.2, 0) is 6.54 Å². The molecule has 0 heterocycles. The first-order valence-electron chi connectivity index (χ1n) is 7.42. The minimum Gasteiger partial charge on any atom is -0.396 e. The van der Waals surface area contributed by atoms with Crippen molar-refractivity contribution >= 4 is 6.03 Å². The number of hydrogen-bond donors (Lipinski definition) is 3.